The van der Waals surface area contributed by atoms with Crippen LogP contribution in [0.25, 0.3) is 0 Å². The van der Waals surface area contributed by atoms with E-state index in [-0.39, 0.29) is 11.9 Å². The minimum atomic E-state index is -1.80. The first-order valence-electron chi connectivity index (χ1n) is 14.3. The van der Waals surface area contributed by atoms with E-state index < -0.39 is 49.7 Å². The summed E-state index contributed by atoms with van der Waals surface area (Å²) in [6.45, 7) is 0.745. The average Bonchev–Trinajstić information content (AvgIpc) is 3.61. The van der Waals surface area contributed by atoms with Crippen LogP contribution in [0.2, 0.25) is 0 Å². The predicted molar refractivity (Wildman–Crippen MR) is 155 cm³/mol. The molecule has 1 aromatic carbocycles. The molecule has 3 rings (SSSR count). The van der Waals surface area contributed by atoms with E-state index in [4.69, 9.17) is 9.84 Å². The van der Waals surface area contributed by atoms with Gasteiger partial charge in [0.25, 0.3) is 0 Å². The quantitative estimate of drug-likeness (QED) is 0.119. The summed E-state index contributed by atoms with van der Waals surface area (Å²) in [6.07, 6.45) is 0.152. The molecule has 1 amide bonds. The molecule has 1 aromatic heterocycles. The maximum atomic E-state index is 12.7. The number of aryl methyl sites for hydroxylation is 1. The van der Waals surface area contributed by atoms with E-state index in [1.807, 2.05) is 35.2 Å². The van der Waals surface area contributed by atoms with Gasteiger partial charge in [-0.3, -0.25) is 4.79 Å². The van der Waals surface area contributed by atoms with Crippen LogP contribution in [0.15, 0.2) is 36.4 Å². The highest BCUT2D eigenvalue weighted by atomic mass is 32.1. The number of hydrogen-bond acceptors (Lipinski definition) is 10. The minimum absolute atomic E-state index is 0.0832. The largest absolute Gasteiger partial charge is 0.459 e. The molecule has 41 heavy (non-hydrogen) atoms. The first kappa shape index (κ1) is 33.1. The van der Waals surface area contributed by atoms with Crippen LogP contribution in [0.3, 0.4) is 0 Å². The van der Waals surface area contributed by atoms with Gasteiger partial charge in [0.1, 0.15) is 35.9 Å². The molecule has 228 valence electrons. The Kier molecular flexibility index (Phi) is 13.2. The lowest BCUT2D eigenvalue weighted by atomic mass is 10.0. The Morgan fingerprint density at radius 3 is 2.39 bits per heavy atom. The van der Waals surface area contributed by atoms with Crippen molar-refractivity contribution in [2.24, 2.45) is 0 Å². The lowest BCUT2D eigenvalue weighted by Crippen LogP contribution is -2.47. The molecule has 0 radical (unpaired) electrons. The Balaban J connectivity index is 1.47. The van der Waals surface area contributed by atoms with Gasteiger partial charge in [0.2, 0.25) is 5.91 Å². The third-order valence-corrected chi connectivity index (χ3v) is 8.62. The second-order valence-electron chi connectivity index (χ2n) is 10.6. The third-order valence-electron chi connectivity index (χ3n) is 7.50. The van der Waals surface area contributed by atoms with Crippen LogP contribution in [-0.4, -0.2) is 86.2 Å². The Morgan fingerprint density at radius 2 is 1.71 bits per heavy atom. The number of benzene rings is 1. The number of amides is 1. The zero-order chi connectivity index (χ0) is 29.9. The molecule has 1 saturated heterocycles. The van der Waals surface area contributed by atoms with Gasteiger partial charge in [-0.05, 0) is 61.9 Å². The predicted octanol–water partition coefficient (Wildman–Crippen LogP) is 2.47. The van der Waals surface area contributed by atoms with Crippen LogP contribution >= 0.6 is 11.3 Å². The number of rotatable bonds is 17. The van der Waals surface area contributed by atoms with Crippen LogP contribution in [0.4, 0.5) is 5.69 Å². The Labute approximate surface area is 244 Å². The zero-order valence-corrected chi connectivity index (χ0v) is 24.3. The molecule has 10 nitrogen and oxygen atoms in total. The molecule has 11 heteroatoms. The number of unbranched alkanes of at least 4 members (excludes halogenated alkanes) is 2. The van der Waals surface area contributed by atoms with Crippen molar-refractivity contribution < 1.29 is 45.0 Å². The van der Waals surface area contributed by atoms with Crippen molar-refractivity contribution >= 4 is 28.9 Å². The van der Waals surface area contributed by atoms with E-state index >= 15 is 0 Å². The Hall–Kier alpha value is -2.38. The average molecular weight is 594 g/mol. The smallest absolute Gasteiger partial charge is 0.348 e. The van der Waals surface area contributed by atoms with Gasteiger partial charge in [-0.15, -0.1) is 11.3 Å². The second kappa shape index (κ2) is 16.3. The lowest BCUT2D eigenvalue weighted by molar-refractivity contribution is -0.124. The molecule has 0 spiro atoms. The van der Waals surface area contributed by atoms with Crippen molar-refractivity contribution in [1.82, 2.24) is 0 Å². The number of ether oxygens (including phenoxy) is 1. The van der Waals surface area contributed by atoms with Gasteiger partial charge >= 0.3 is 5.97 Å². The number of anilines is 1. The van der Waals surface area contributed by atoms with E-state index in [0.717, 1.165) is 61.1 Å². The van der Waals surface area contributed by atoms with Crippen molar-refractivity contribution in [2.45, 2.75) is 101 Å². The fourth-order valence-electron chi connectivity index (χ4n) is 5.01. The number of esters is 1. The highest BCUT2D eigenvalue weighted by molar-refractivity contribution is 7.13. The summed E-state index contributed by atoms with van der Waals surface area (Å²) >= 11 is 1.26. The van der Waals surface area contributed by atoms with Crippen LogP contribution in [0.5, 0.6) is 0 Å². The maximum absolute atomic E-state index is 12.7. The molecule has 1 aliphatic rings. The molecule has 2 aromatic rings. The molecule has 1 fully saturated rings. The van der Waals surface area contributed by atoms with Crippen molar-refractivity contribution in [1.29, 1.82) is 0 Å². The first-order chi connectivity index (χ1) is 19.7. The summed E-state index contributed by atoms with van der Waals surface area (Å²) in [5, 5.41) is 58.1. The summed E-state index contributed by atoms with van der Waals surface area (Å²) in [5.41, 5.74) is 1.71. The SMILES string of the molecule is CCCCC[C@H](O)c1ccc(N2C(=O)CC[C@@H]2CCCc2ccc(C(=O)OC[C@H](O)[C@@H](O)[C@@H](O)[C@@H](O)CO)s2)cc1. The molecule has 6 N–H and O–H groups in total. The zero-order valence-electron chi connectivity index (χ0n) is 23.5. The Morgan fingerprint density at radius 1 is 1.00 bits per heavy atom. The molecule has 0 unspecified atom stereocenters. The van der Waals surface area contributed by atoms with Crippen molar-refractivity contribution in [2.75, 3.05) is 18.1 Å². The fourth-order valence-corrected chi connectivity index (χ4v) is 5.95. The van der Waals surface area contributed by atoms with Gasteiger partial charge < -0.3 is 40.3 Å². The Bertz CT molecular complexity index is 1090. The van der Waals surface area contributed by atoms with Crippen LogP contribution in [0.1, 0.15) is 84.5 Å². The molecule has 6 atom stereocenters. The monoisotopic (exact) mass is 593 g/mol. The lowest BCUT2D eigenvalue weighted by Gasteiger charge is -2.25. The van der Waals surface area contributed by atoms with E-state index in [0.29, 0.717) is 17.7 Å². The van der Waals surface area contributed by atoms with Gasteiger partial charge in [0.05, 0.1) is 12.7 Å². The number of hydrogen-bond donors (Lipinski definition) is 6. The van der Waals surface area contributed by atoms with Gasteiger partial charge in [-0.25, -0.2) is 4.79 Å². The van der Waals surface area contributed by atoms with Gasteiger partial charge in [-0.1, -0.05) is 38.3 Å². The van der Waals surface area contributed by atoms with Gasteiger partial charge in [-0.2, -0.15) is 0 Å². The van der Waals surface area contributed by atoms with Gasteiger partial charge in [0.15, 0.2) is 0 Å². The van der Waals surface area contributed by atoms with Crippen molar-refractivity contribution in [3.8, 4) is 0 Å². The molecular weight excluding hydrogens is 550 g/mol. The topological polar surface area (TPSA) is 168 Å². The van der Waals surface area contributed by atoms with Crippen molar-refractivity contribution in [3.63, 3.8) is 0 Å². The molecule has 1 aliphatic heterocycles. The molecule has 0 aliphatic carbocycles. The molecule has 0 bridgehead atoms. The second-order valence-corrected chi connectivity index (χ2v) is 11.8. The standard InChI is InChI=1S/C30H43NO9S/c1-2-3-4-8-23(33)19-9-11-21(12-10-19)31-20(13-16-27(31)36)6-5-7-22-14-15-26(41-22)30(39)40-18-25(35)29(38)28(37)24(34)17-32/h9-12,14-15,20,23-25,28-29,32-35,37-38H,2-8,13,16-18H2,1H3/t20-,23-,24-,25-,28-,29+/m0/s1. The number of carbonyl (C=O) groups excluding carboxylic acids is 2. The molecule has 2 heterocycles. The summed E-state index contributed by atoms with van der Waals surface area (Å²) in [4.78, 5) is 28.2. The normalized spacial score (nSPS) is 19.1. The summed E-state index contributed by atoms with van der Waals surface area (Å²) in [7, 11) is 0. The van der Waals surface area contributed by atoms with E-state index in [1.54, 1.807) is 6.07 Å². The summed E-state index contributed by atoms with van der Waals surface area (Å²) < 4.78 is 5.04. The first-order valence-corrected chi connectivity index (χ1v) is 15.2. The van der Waals surface area contributed by atoms with E-state index in [2.05, 4.69) is 6.92 Å². The number of aliphatic hydroxyl groups excluding tert-OH is 6. The van der Waals surface area contributed by atoms with Crippen LogP contribution in [-0.2, 0) is 16.0 Å². The third kappa shape index (κ3) is 9.31. The number of carbonyl (C=O) groups is 2. The van der Waals surface area contributed by atoms with Gasteiger partial charge in [0, 0.05) is 23.0 Å². The van der Waals surface area contributed by atoms with Crippen LogP contribution in [0, 0.1) is 0 Å². The number of nitrogens with zero attached hydrogens (tertiary/aromatic N) is 1. The van der Waals surface area contributed by atoms with E-state index in [1.165, 1.54) is 11.3 Å². The minimum Gasteiger partial charge on any atom is -0.459 e. The van der Waals surface area contributed by atoms with Crippen LogP contribution < -0.4 is 4.90 Å². The highest BCUT2D eigenvalue weighted by Crippen LogP contribution is 2.31. The van der Waals surface area contributed by atoms with Crippen molar-refractivity contribution in [3.05, 3.63) is 51.7 Å². The fraction of sp³-hybridized carbons (Fsp3) is 0.600. The highest BCUT2D eigenvalue weighted by Gasteiger charge is 2.32. The summed E-state index contributed by atoms with van der Waals surface area (Å²) in [6, 6.07) is 11.2. The number of aliphatic hydroxyl groups is 6. The number of thiophene rings is 1. The summed E-state index contributed by atoms with van der Waals surface area (Å²) in [5.74, 6) is -0.589. The maximum Gasteiger partial charge on any atom is 0.348 e. The van der Waals surface area contributed by atoms with E-state index in [9.17, 15) is 35.1 Å². The molecular formula is C30H43NO9S. The molecule has 0 saturated carbocycles.